The number of hydrogen-bond donors (Lipinski definition) is 0. The Morgan fingerprint density at radius 3 is 2.16 bits per heavy atom. The topological polar surface area (TPSA) is 4.93 Å². The van der Waals surface area contributed by atoms with Crippen LogP contribution in [0.15, 0.2) is 115 Å². The second-order valence-corrected chi connectivity index (χ2v) is 9.26. The molecule has 1 nitrogen and oxygen atoms in total. The smallest absolute Gasteiger partial charge is 0.0555 e. The summed E-state index contributed by atoms with van der Waals surface area (Å²) in [5, 5.41) is 5.35. The van der Waals surface area contributed by atoms with Crippen LogP contribution < -0.4 is 0 Å². The highest BCUT2D eigenvalue weighted by Crippen LogP contribution is 2.43. The Morgan fingerprint density at radius 2 is 1.25 bits per heavy atom. The third kappa shape index (κ3) is 2.50. The van der Waals surface area contributed by atoms with Crippen molar-refractivity contribution >= 4 is 53.3 Å². The molecule has 7 rings (SSSR count). The molecule has 0 radical (unpaired) electrons. The Balaban J connectivity index is 1.59. The normalized spacial score (nSPS) is 11.8. The molecule has 0 fully saturated rings. The lowest BCUT2D eigenvalue weighted by Gasteiger charge is -2.10. The van der Waals surface area contributed by atoms with Crippen LogP contribution in [0, 0.1) is 0 Å². The van der Waals surface area contributed by atoms with Crippen molar-refractivity contribution < 1.29 is 0 Å². The molecule has 2 aromatic heterocycles. The van der Waals surface area contributed by atoms with Gasteiger partial charge in [0.25, 0.3) is 0 Å². The van der Waals surface area contributed by atoms with Crippen LogP contribution in [0.4, 0.5) is 0 Å². The minimum absolute atomic E-state index is 1.19. The number of thiophene rings is 1. The molecule has 0 amide bonds. The van der Waals surface area contributed by atoms with E-state index in [-0.39, 0.29) is 0 Å². The minimum Gasteiger partial charge on any atom is -0.309 e. The molecular formula is C30H19NS. The molecule has 2 heteroatoms. The summed E-state index contributed by atoms with van der Waals surface area (Å²) < 4.78 is 5.14. The number of rotatable bonds is 2. The molecule has 0 aliphatic rings. The van der Waals surface area contributed by atoms with Gasteiger partial charge in [-0.2, -0.15) is 0 Å². The molecule has 7 aromatic rings. The summed E-state index contributed by atoms with van der Waals surface area (Å²) in [4.78, 5) is 0. The summed E-state index contributed by atoms with van der Waals surface area (Å²) in [7, 11) is 0. The van der Waals surface area contributed by atoms with Crippen molar-refractivity contribution in [1.82, 2.24) is 4.57 Å². The van der Waals surface area contributed by atoms with Gasteiger partial charge in [0.1, 0.15) is 0 Å². The summed E-state index contributed by atoms with van der Waals surface area (Å²) in [6.07, 6.45) is 0. The maximum Gasteiger partial charge on any atom is 0.0555 e. The van der Waals surface area contributed by atoms with Gasteiger partial charge in [0.05, 0.1) is 11.0 Å². The highest BCUT2D eigenvalue weighted by Gasteiger charge is 2.17. The van der Waals surface area contributed by atoms with Gasteiger partial charge in [-0.3, -0.25) is 0 Å². The summed E-state index contributed by atoms with van der Waals surface area (Å²) in [5.74, 6) is 0. The molecule has 0 saturated carbocycles. The number of hydrogen-bond acceptors (Lipinski definition) is 1. The summed E-state index contributed by atoms with van der Waals surface area (Å²) in [6.45, 7) is 0. The molecule has 0 spiro atoms. The van der Waals surface area contributed by atoms with Crippen LogP contribution in [0.25, 0.3) is 58.8 Å². The molecule has 0 aliphatic heterocycles. The standard InChI is InChI=1S/C30H19NS/c1-2-9-20(10-3-1)21-11-8-12-22(19-21)31-26-15-6-4-14-25(26)29-27(31)18-17-24-23-13-5-7-16-28(23)32-30(24)29/h1-19H. The van der Waals surface area contributed by atoms with Crippen LogP contribution in [0.5, 0.6) is 0 Å². The molecule has 0 unspecified atom stereocenters. The Morgan fingerprint density at radius 1 is 0.500 bits per heavy atom. The van der Waals surface area contributed by atoms with Crippen molar-refractivity contribution in [3.8, 4) is 16.8 Å². The van der Waals surface area contributed by atoms with Gasteiger partial charge < -0.3 is 4.57 Å². The summed E-state index contributed by atoms with van der Waals surface area (Å²) in [6, 6.07) is 41.6. The van der Waals surface area contributed by atoms with E-state index >= 15 is 0 Å². The van der Waals surface area contributed by atoms with Gasteiger partial charge >= 0.3 is 0 Å². The van der Waals surface area contributed by atoms with Gasteiger partial charge in [-0.25, -0.2) is 0 Å². The van der Waals surface area contributed by atoms with Gasteiger partial charge in [0, 0.05) is 36.6 Å². The molecule has 0 atom stereocenters. The van der Waals surface area contributed by atoms with Gasteiger partial charge in [-0.15, -0.1) is 11.3 Å². The SMILES string of the molecule is c1ccc(-c2cccc(-n3c4ccccc4c4c5sc6ccccc6c5ccc43)c2)cc1. The zero-order valence-corrected chi connectivity index (χ0v) is 18.1. The summed E-state index contributed by atoms with van der Waals surface area (Å²) in [5.41, 5.74) is 6.17. The number of fused-ring (bicyclic) bond motifs is 7. The minimum atomic E-state index is 1.19. The van der Waals surface area contributed by atoms with Crippen molar-refractivity contribution in [3.63, 3.8) is 0 Å². The molecule has 150 valence electrons. The first-order valence-corrected chi connectivity index (χ1v) is 11.7. The van der Waals surface area contributed by atoms with E-state index in [0.29, 0.717) is 0 Å². The maximum absolute atomic E-state index is 2.42. The van der Waals surface area contributed by atoms with Crippen molar-refractivity contribution in [2.45, 2.75) is 0 Å². The molecular weight excluding hydrogens is 406 g/mol. The summed E-state index contributed by atoms with van der Waals surface area (Å²) >= 11 is 1.90. The van der Waals surface area contributed by atoms with Crippen molar-refractivity contribution in [3.05, 3.63) is 115 Å². The first kappa shape index (κ1) is 17.8. The average Bonchev–Trinajstić information content (AvgIpc) is 3.40. The van der Waals surface area contributed by atoms with E-state index in [4.69, 9.17) is 0 Å². The van der Waals surface area contributed by atoms with Crippen LogP contribution in [-0.4, -0.2) is 4.57 Å². The molecule has 0 saturated heterocycles. The van der Waals surface area contributed by atoms with E-state index in [1.807, 2.05) is 11.3 Å². The van der Waals surface area contributed by atoms with Crippen LogP contribution in [-0.2, 0) is 0 Å². The predicted octanol–water partition coefficient (Wildman–Crippen LogP) is 8.82. The van der Waals surface area contributed by atoms with E-state index in [1.54, 1.807) is 0 Å². The second kappa shape index (κ2) is 6.81. The lowest BCUT2D eigenvalue weighted by Crippen LogP contribution is -1.94. The molecule has 0 N–H and O–H groups in total. The fourth-order valence-corrected chi connectivity index (χ4v) is 6.23. The zero-order chi connectivity index (χ0) is 21.1. The monoisotopic (exact) mass is 425 g/mol. The Kier molecular flexibility index (Phi) is 3.78. The lowest BCUT2D eigenvalue weighted by molar-refractivity contribution is 1.18. The molecule has 0 bridgehead atoms. The number of aromatic nitrogens is 1. The second-order valence-electron chi connectivity index (χ2n) is 8.20. The van der Waals surface area contributed by atoms with E-state index in [0.717, 1.165) is 0 Å². The van der Waals surface area contributed by atoms with Gasteiger partial charge in [-0.05, 0) is 41.5 Å². The van der Waals surface area contributed by atoms with E-state index in [1.165, 1.54) is 58.8 Å². The Bertz CT molecular complexity index is 1770. The largest absolute Gasteiger partial charge is 0.309 e. The maximum atomic E-state index is 2.42. The predicted molar refractivity (Wildman–Crippen MR) is 139 cm³/mol. The number of para-hydroxylation sites is 1. The van der Waals surface area contributed by atoms with E-state index in [2.05, 4.69) is 120 Å². The van der Waals surface area contributed by atoms with Crippen molar-refractivity contribution in [2.24, 2.45) is 0 Å². The van der Waals surface area contributed by atoms with Crippen LogP contribution >= 0.6 is 11.3 Å². The van der Waals surface area contributed by atoms with E-state index < -0.39 is 0 Å². The Labute approximate surface area is 189 Å². The first-order chi connectivity index (χ1) is 15.9. The molecule has 5 aromatic carbocycles. The first-order valence-electron chi connectivity index (χ1n) is 10.9. The van der Waals surface area contributed by atoms with Crippen molar-refractivity contribution in [1.29, 1.82) is 0 Å². The Hall–Kier alpha value is -3.88. The molecule has 32 heavy (non-hydrogen) atoms. The third-order valence-electron chi connectivity index (χ3n) is 6.39. The highest BCUT2D eigenvalue weighted by atomic mass is 32.1. The van der Waals surface area contributed by atoms with Crippen LogP contribution in [0.1, 0.15) is 0 Å². The number of nitrogens with zero attached hydrogens (tertiary/aromatic N) is 1. The van der Waals surface area contributed by atoms with Crippen LogP contribution in [0.3, 0.4) is 0 Å². The molecule has 0 aliphatic carbocycles. The van der Waals surface area contributed by atoms with Crippen molar-refractivity contribution in [2.75, 3.05) is 0 Å². The van der Waals surface area contributed by atoms with E-state index in [9.17, 15) is 0 Å². The highest BCUT2D eigenvalue weighted by molar-refractivity contribution is 7.26. The number of benzene rings is 5. The van der Waals surface area contributed by atoms with Crippen LogP contribution in [0.2, 0.25) is 0 Å². The van der Waals surface area contributed by atoms with Gasteiger partial charge in [0.2, 0.25) is 0 Å². The lowest BCUT2D eigenvalue weighted by atomic mass is 10.1. The van der Waals surface area contributed by atoms with Gasteiger partial charge in [0.15, 0.2) is 0 Å². The third-order valence-corrected chi connectivity index (χ3v) is 7.60. The van der Waals surface area contributed by atoms with Gasteiger partial charge in [-0.1, -0.05) is 84.9 Å². The molecule has 2 heterocycles. The zero-order valence-electron chi connectivity index (χ0n) is 17.3. The quantitative estimate of drug-likeness (QED) is 0.261. The fourth-order valence-electron chi connectivity index (χ4n) is 4.97. The fraction of sp³-hybridized carbons (Fsp3) is 0. The average molecular weight is 426 g/mol.